The van der Waals surface area contributed by atoms with Gasteiger partial charge in [0.05, 0.1) is 6.54 Å². The zero-order chi connectivity index (χ0) is 15.6. The lowest BCUT2D eigenvalue weighted by atomic mass is 9.96. The molecule has 2 aromatic carbocycles. The Hall–Kier alpha value is -2.33. The summed E-state index contributed by atoms with van der Waals surface area (Å²) in [6, 6.07) is 15.9. The van der Waals surface area contributed by atoms with E-state index in [0.29, 0.717) is 12.4 Å². The minimum atomic E-state index is -0.907. The fourth-order valence-corrected chi connectivity index (χ4v) is 2.87. The van der Waals surface area contributed by atoms with Crippen LogP contribution in [-0.2, 0) is 12.0 Å². The molecule has 22 heavy (non-hydrogen) atoms. The molecule has 4 nitrogen and oxygen atoms in total. The molecule has 3 rings (SSSR count). The Morgan fingerprint density at radius 1 is 1.23 bits per heavy atom. The van der Waals surface area contributed by atoms with E-state index in [1.54, 1.807) is 0 Å². The highest BCUT2D eigenvalue weighted by Gasteiger charge is 2.36. The number of rotatable bonds is 3. The van der Waals surface area contributed by atoms with Crippen LogP contribution in [0.3, 0.4) is 0 Å². The molecular formula is C18H21N3O. The third kappa shape index (κ3) is 2.97. The zero-order valence-electron chi connectivity index (χ0n) is 12.7. The summed E-state index contributed by atoms with van der Waals surface area (Å²) in [7, 11) is 0. The number of aryl methyl sites for hydroxylation is 2. The summed E-state index contributed by atoms with van der Waals surface area (Å²) in [5, 5.41) is 13.9. The molecule has 1 atom stereocenters. The second-order valence-corrected chi connectivity index (χ2v) is 5.88. The summed E-state index contributed by atoms with van der Waals surface area (Å²) >= 11 is 0. The van der Waals surface area contributed by atoms with Crippen molar-refractivity contribution in [3.63, 3.8) is 0 Å². The largest absolute Gasteiger partial charge is 0.383 e. The van der Waals surface area contributed by atoms with Crippen LogP contribution < -0.4 is 11.1 Å². The smallest absolute Gasteiger partial charge is 0.193 e. The van der Waals surface area contributed by atoms with Crippen LogP contribution in [0.25, 0.3) is 0 Å². The Kier molecular flexibility index (Phi) is 3.86. The van der Waals surface area contributed by atoms with Gasteiger partial charge in [-0.1, -0.05) is 42.0 Å². The Balaban J connectivity index is 1.70. The van der Waals surface area contributed by atoms with Crippen molar-refractivity contribution in [2.75, 3.05) is 11.9 Å². The van der Waals surface area contributed by atoms with E-state index in [4.69, 9.17) is 5.73 Å². The van der Waals surface area contributed by atoms with Crippen molar-refractivity contribution in [3.05, 3.63) is 65.2 Å². The second-order valence-electron chi connectivity index (χ2n) is 5.88. The molecule has 0 saturated heterocycles. The van der Waals surface area contributed by atoms with Gasteiger partial charge in [0.2, 0.25) is 0 Å². The van der Waals surface area contributed by atoms with Gasteiger partial charge >= 0.3 is 0 Å². The molecule has 2 aromatic rings. The molecule has 1 unspecified atom stereocenters. The Bertz CT molecular complexity index is 694. The molecule has 0 amide bonds. The van der Waals surface area contributed by atoms with E-state index >= 15 is 0 Å². The van der Waals surface area contributed by atoms with Gasteiger partial charge in [-0.2, -0.15) is 0 Å². The van der Waals surface area contributed by atoms with E-state index in [-0.39, 0.29) is 6.54 Å². The number of fused-ring (bicyclic) bond motifs is 1. The molecule has 1 aliphatic carbocycles. The fraction of sp³-hybridized carbons (Fsp3) is 0.278. The number of aliphatic imine (C=N–C) groups is 1. The first-order valence-corrected chi connectivity index (χ1v) is 7.51. The number of nitrogens with zero attached hydrogens (tertiary/aromatic N) is 1. The molecule has 0 fully saturated rings. The maximum absolute atomic E-state index is 10.8. The maximum Gasteiger partial charge on any atom is 0.193 e. The molecule has 0 radical (unpaired) electrons. The van der Waals surface area contributed by atoms with Gasteiger partial charge in [0.1, 0.15) is 5.60 Å². The lowest BCUT2D eigenvalue weighted by molar-refractivity contribution is 0.0487. The van der Waals surface area contributed by atoms with Crippen LogP contribution in [-0.4, -0.2) is 17.6 Å². The van der Waals surface area contributed by atoms with Crippen LogP contribution in [0, 0.1) is 6.92 Å². The SMILES string of the molecule is Cc1ccc(NC(N)=NCC2(O)CCc3ccccc32)cc1. The molecule has 0 heterocycles. The van der Waals surface area contributed by atoms with Crippen LogP contribution >= 0.6 is 0 Å². The summed E-state index contributed by atoms with van der Waals surface area (Å²) in [4.78, 5) is 4.33. The third-order valence-corrected chi connectivity index (χ3v) is 4.16. The van der Waals surface area contributed by atoms with E-state index < -0.39 is 5.60 Å². The van der Waals surface area contributed by atoms with Gasteiger partial charge in [-0.15, -0.1) is 0 Å². The lowest BCUT2D eigenvalue weighted by Gasteiger charge is -2.22. The van der Waals surface area contributed by atoms with Crippen molar-refractivity contribution in [3.8, 4) is 0 Å². The van der Waals surface area contributed by atoms with Gasteiger partial charge in [0, 0.05) is 5.69 Å². The van der Waals surface area contributed by atoms with Gasteiger partial charge in [-0.05, 0) is 43.0 Å². The minimum Gasteiger partial charge on any atom is -0.383 e. The fourth-order valence-electron chi connectivity index (χ4n) is 2.87. The molecule has 1 aliphatic rings. The minimum absolute atomic E-state index is 0.273. The Morgan fingerprint density at radius 3 is 2.73 bits per heavy atom. The van der Waals surface area contributed by atoms with Crippen molar-refractivity contribution in [2.45, 2.75) is 25.4 Å². The quantitative estimate of drug-likeness (QED) is 0.602. The molecule has 4 N–H and O–H groups in total. The number of hydrogen-bond acceptors (Lipinski definition) is 2. The Morgan fingerprint density at radius 2 is 1.95 bits per heavy atom. The highest BCUT2D eigenvalue weighted by molar-refractivity contribution is 5.92. The van der Waals surface area contributed by atoms with E-state index in [1.165, 1.54) is 11.1 Å². The highest BCUT2D eigenvalue weighted by atomic mass is 16.3. The van der Waals surface area contributed by atoms with E-state index in [0.717, 1.165) is 17.7 Å². The van der Waals surface area contributed by atoms with E-state index in [9.17, 15) is 5.11 Å². The average Bonchev–Trinajstić information content (AvgIpc) is 2.86. The van der Waals surface area contributed by atoms with Gasteiger partial charge in [-0.25, -0.2) is 4.99 Å². The maximum atomic E-state index is 10.8. The molecule has 0 bridgehead atoms. The molecule has 0 saturated carbocycles. The number of nitrogens with one attached hydrogen (secondary N) is 1. The molecule has 0 spiro atoms. The Labute approximate surface area is 130 Å². The van der Waals surface area contributed by atoms with Crippen molar-refractivity contribution in [1.29, 1.82) is 0 Å². The standard InChI is InChI=1S/C18H21N3O/c1-13-6-8-15(9-7-13)21-17(19)20-12-18(22)11-10-14-4-2-3-5-16(14)18/h2-9,22H,10-12H2,1H3,(H3,19,20,21). The monoisotopic (exact) mass is 295 g/mol. The number of benzene rings is 2. The summed E-state index contributed by atoms with van der Waals surface area (Å²) in [5.41, 5.74) is 9.28. The molecule has 4 heteroatoms. The normalized spacial score (nSPS) is 20.7. The average molecular weight is 295 g/mol. The summed E-state index contributed by atoms with van der Waals surface area (Å²) in [6.07, 6.45) is 1.57. The second kappa shape index (κ2) is 5.81. The van der Waals surface area contributed by atoms with E-state index in [1.807, 2.05) is 49.4 Å². The van der Waals surface area contributed by atoms with Gasteiger partial charge in [0.15, 0.2) is 5.96 Å². The third-order valence-electron chi connectivity index (χ3n) is 4.16. The van der Waals surface area contributed by atoms with Crippen LogP contribution in [0.4, 0.5) is 5.69 Å². The van der Waals surface area contributed by atoms with Crippen molar-refractivity contribution < 1.29 is 5.11 Å². The predicted molar refractivity (Wildman–Crippen MR) is 90.0 cm³/mol. The van der Waals surface area contributed by atoms with Gasteiger partial charge < -0.3 is 16.2 Å². The molecule has 114 valence electrons. The predicted octanol–water partition coefficient (Wildman–Crippen LogP) is 2.56. The topological polar surface area (TPSA) is 70.6 Å². The zero-order valence-corrected chi connectivity index (χ0v) is 12.7. The number of guanidine groups is 1. The number of anilines is 1. The first-order chi connectivity index (χ1) is 10.6. The van der Waals surface area contributed by atoms with Crippen LogP contribution in [0.1, 0.15) is 23.1 Å². The first-order valence-electron chi connectivity index (χ1n) is 7.51. The number of aliphatic hydroxyl groups is 1. The summed E-state index contributed by atoms with van der Waals surface area (Å²) in [6.45, 7) is 2.31. The highest BCUT2D eigenvalue weighted by Crippen LogP contribution is 2.36. The lowest BCUT2D eigenvalue weighted by Crippen LogP contribution is -2.30. The molecule has 0 aliphatic heterocycles. The molecular weight excluding hydrogens is 274 g/mol. The van der Waals surface area contributed by atoms with Crippen LogP contribution in [0.5, 0.6) is 0 Å². The van der Waals surface area contributed by atoms with Crippen molar-refractivity contribution >= 4 is 11.6 Å². The number of nitrogens with two attached hydrogens (primary N) is 1. The van der Waals surface area contributed by atoms with Crippen molar-refractivity contribution in [2.24, 2.45) is 10.7 Å². The van der Waals surface area contributed by atoms with Crippen molar-refractivity contribution in [1.82, 2.24) is 0 Å². The summed E-state index contributed by atoms with van der Waals surface area (Å²) in [5.74, 6) is 0.321. The number of hydrogen-bond donors (Lipinski definition) is 3. The molecule has 0 aromatic heterocycles. The van der Waals surface area contributed by atoms with E-state index in [2.05, 4.69) is 16.4 Å². The van der Waals surface area contributed by atoms with Gasteiger partial charge in [0.25, 0.3) is 0 Å². The van der Waals surface area contributed by atoms with Gasteiger partial charge in [-0.3, -0.25) is 0 Å². The van der Waals surface area contributed by atoms with Crippen LogP contribution in [0.15, 0.2) is 53.5 Å². The summed E-state index contributed by atoms with van der Waals surface area (Å²) < 4.78 is 0. The van der Waals surface area contributed by atoms with Crippen LogP contribution in [0.2, 0.25) is 0 Å². The first kappa shape index (κ1) is 14.6.